The van der Waals surface area contributed by atoms with E-state index in [9.17, 15) is 14.4 Å². The second-order valence-corrected chi connectivity index (χ2v) is 7.26. The summed E-state index contributed by atoms with van der Waals surface area (Å²) in [6.45, 7) is 8.03. The van der Waals surface area contributed by atoms with Gasteiger partial charge in [0, 0.05) is 56.3 Å². The van der Waals surface area contributed by atoms with Gasteiger partial charge in [-0.2, -0.15) is 5.10 Å². The molecule has 144 valence electrons. The number of amides is 2. The van der Waals surface area contributed by atoms with Crippen LogP contribution in [0.2, 0.25) is 0 Å². The first kappa shape index (κ1) is 19.1. The number of Topliss-reactive ketones (excluding diaryl/α,β-unsaturated/α-hetero) is 1. The Bertz CT molecular complexity index is 762. The summed E-state index contributed by atoms with van der Waals surface area (Å²) in [5, 5.41) is 5.72. The van der Waals surface area contributed by atoms with E-state index in [2.05, 4.69) is 10.0 Å². The van der Waals surface area contributed by atoms with Gasteiger partial charge < -0.3 is 9.80 Å². The molecule has 1 fully saturated rings. The largest absolute Gasteiger partial charge is 0.368 e. The van der Waals surface area contributed by atoms with Crippen molar-refractivity contribution in [1.82, 2.24) is 9.91 Å². The molecule has 0 radical (unpaired) electrons. The molecule has 1 aromatic carbocycles. The van der Waals surface area contributed by atoms with Crippen LogP contribution in [0.15, 0.2) is 29.4 Å². The van der Waals surface area contributed by atoms with Crippen LogP contribution in [0.4, 0.5) is 5.69 Å². The number of hydrogen-bond acceptors (Lipinski definition) is 5. The summed E-state index contributed by atoms with van der Waals surface area (Å²) in [5.41, 5.74) is 2.23. The van der Waals surface area contributed by atoms with Crippen molar-refractivity contribution in [2.75, 3.05) is 31.1 Å². The summed E-state index contributed by atoms with van der Waals surface area (Å²) in [4.78, 5) is 40.1. The third-order valence-electron chi connectivity index (χ3n) is 5.00. The summed E-state index contributed by atoms with van der Waals surface area (Å²) in [7, 11) is 0. The molecule has 3 rings (SSSR count). The van der Waals surface area contributed by atoms with Crippen molar-refractivity contribution < 1.29 is 14.4 Å². The molecule has 7 nitrogen and oxygen atoms in total. The van der Waals surface area contributed by atoms with Gasteiger partial charge in [-0.05, 0) is 45.0 Å². The maximum absolute atomic E-state index is 12.8. The number of hydrazone groups is 1. The minimum absolute atomic E-state index is 0.0274. The third kappa shape index (κ3) is 4.18. The van der Waals surface area contributed by atoms with Crippen molar-refractivity contribution >= 4 is 29.0 Å². The van der Waals surface area contributed by atoms with Crippen LogP contribution in [0.5, 0.6) is 0 Å². The standard InChI is InChI=1S/C20H26N4O3/c1-14(2)24-19(26)9-8-18(21-24)20(27)23-12-10-22(11-13-23)17-6-4-16(5-7-17)15(3)25/h4-7,14H,8-13H2,1-3H3. The van der Waals surface area contributed by atoms with E-state index < -0.39 is 0 Å². The zero-order valence-electron chi connectivity index (χ0n) is 16.1. The highest BCUT2D eigenvalue weighted by Gasteiger charge is 2.30. The van der Waals surface area contributed by atoms with E-state index in [1.54, 1.807) is 6.92 Å². The fraction of sp³-hybridized carbons (Fsp3) is 0.500. The van der Waals surface area contributed by atoms with Crippen LogP contribution in [0.3, 0.4) is 0 Å². The fourth-order valence-electron chi connectivity index (χ4n) is 3.39. The molecule has 1 saturated heterocycles. The van der Waals surface area contributed by atoms with Gasteiger partial charge in [-0.3, -0.25) is 14.4 Å². The van der Waals surface area contributed by atoms with Crippen molar-refractivity contribution in [2.45, 2.75) is 39.7 Å². The first-order valence-corrected chi connectivity index (χ1v) is 9.41. The molecule has 0 saturated carbocycles. The van der Waals surface area contributed by atoms with E-state index in [0.29, 0.717) is 37.2 Å². The quantitative estimate of drug-likeness (QED) is 0.759. The molecule has 0 atom stereocenters. The topological polar surface area (TPSA) is 73.3 Å². The number of benzene rings is 1. The number of rotatable bonds is 4. The summed E-state index contributed by atoms with van der Waals surface area (Å²) < 4.78 is 0. The van der Waals surface area contributed by atoms with E-state index in [1.165, 1.54) is 5.01 Å². The Hall–Kier alpha value is -2.70. The van der Waals surface area contributed by atoms with Gasteiger partial charge in [-0.1, -0.05) is 0 Å². The lowest BCUT2D eigenvalue weighted by molar-refractivity contribution is -0.133. The molecular formula is C20H26N4O3. The molecule has 2 aliphatic heterocycles. The lowest BCUT2D eigenvalue weighted by atomic mass is 10.1. The number of nitrogens with zero attached hydrogens (tertiary/aromatic N) is 4. The monoisotopic (exact) mass is 370 g/mol. The summed E-state index contributed by atoms with van der Waals surface area (Å²) in [5.74, 6) is -0.0424. The maximum Gasteiger partial charge on any atom is 0.270 e. The van der Waals surface area contributed by atoms with E-state index >= 15 is 0 Å². The Labute approximate surface area is 159 Å². The first-order chi connectivity index (χ1) is 12.9. The number of carbonyl (C=O) groups excluding carboxylic acids is 3. The van der Waals surface area contributed by atoms with E-state index in [0.717, 1.165) is 18.8 Å². The second kappa shape index (κ2) is 7.90. The molecule has 0 aliphatic carbocycles. The van der Waals surface area contributed by atoms with E-state index in [1.807, 2.05) is 43.0 Å². The van der Waals surface area contributed by atoms with Crippen LogP contribution >= 0.6 is 0 Å². The Morgan fingerprint density at radius 3 is 2.19 bits per heavy atom. The summed E-state index contributed by atoms with van der Waals surface area (Å²) in [6.07, 6.45) is 0.749. The molecule has 27 heavy (non-hydrogen) atoms. The van der Waals surface area contributed by atoms with Gasteiger partial charge in [0.2, 0.25) is 5.91 Å². The minimum atomic E-state index is -0.0697. The molecule has 2 heterocycles. The van der Waals surface area contributed by atoms with Crippen LogP contribution in [-0.4, -0.2) is 65.4 Å². The van der Waals surface area contributed by atoms with Gasteiger partial charge in [-0.15, -0.1) is 0 Å². The normalized spacial score (nSPS) is 18.0. The number of anilines is 1. The molecule has 1 aromatic rings. The molecule has 2 aliphatic rings. The highest BCUT2D eigenvalue weighted by Crippen LogP contribution is 2.19. The van der Waals surface area contributed by atoms with Gasteiger partial charge in [0.05, 0.1) is 0 Å². The third-order valence-corrected chi connectivity index (χ3v) is 5.00. The zero-order chi connectivity index (χ0) is 19.6. The molecule has 0 N–H and O–H groups in total. The highest BCUT2D eigenvalue weighted by atomic mass is 16.2. The molecular weight excluding hydrogens is 344 g/mol. The average molecular weight is 370 g/mol. The predicted octanol–water partition coefficient (Wildman–Crippen LogP) is 1.92. The number of carbonyl (C=O) groups is 3. The summed E-state index contributed by atoms with van der Waals surface area (Å²) >= 11 is 0. The first-order valence-electron chi connectivity index (χ1n) is 9.41. The smallest absolute Gasteiger partial charge is 0.270 e. The Kier molecular flexibility index (Phi) is 5.58. The Morgan fingerprint density at radius 2 is 1.63 bits per heavy atom. The number of ketones is 1. The SMILES string of the molecule is CC(=O)c1ccc(N2CCN(C(=O)C3=NN(C(C)C)C(=O)CC3)CC2)cc1. The lowest BCUT2D eigenvalue weighted by Crippen LogP contribution is -2.51. The molecule has 2 amide bonds. The maximum atomic E-state index is 12.8. The van der Waals surface area contributed by atoms with Crippen molar-refractivity contribution in [3.8, 4) is 0 Å². The number of piperazine rings is 1. The lowest BCUT2D eigenvalue weighted by Gasteiger charge is -2.37. The van der Waals surface area contributed by atoms with Crippen LogP contribution < -0.4 is 4.90 Å². The van der Waals surface area contributed by atoms with Gasteiger partial charge in [0.1, 0.15) is 5.71 Å². The van der Waals surface area contributed by atoms with Crippen molar-refractivity contribution in [2.24, 2.45) is 5.10 Å². The molecule has 0 bridgehead atoms. The van der Waals surface area contributed by atoms with Gasteiger partial charge >= 0.3 is 0 Å². The van der Waals surface area contributed by atoms with Crippen molar-refractivity contribution in [1.29, 1.82) is 0 Å². The van der Waals surface area contributed by atoms with E-state index in [-0.39, 0.29) is 23.6 Å². The van der Waals surface area contributed by atoms with Crippen LogP contribution in [0.1, 0.15) is 44.0 Å². The summed E-state index contributed by atoms with van der Waals surface area (Å²) in [6, 6.07) is 7.53. The van der Waals surface area contributed by atoms with Gasteiger partial charge in [-0.25, -0.2) is 5.01 Å². The molecule has 0 aromatic heterocycles. The molecule has 0 unspecified atom stereocenters. The van der Waals surface area contributed by atoms with Gasteiger partial charge in [0.15, 0.2) is 5.78 Å². The van der Waals surface area contributed by atoms with Crippen molar-refractivity contribution in [3.05, 3.63) is 29.8 Å². The average Bonchev–Trinajstić information content (AvgIpc) is 2.68. The van der Waals surface area contributed by atoms with Crippen LogP contribution in [-0.2, 0) is 9.59 Å². The molecule has 7 heteroatoms. The van der Waals surface area contributed by atoms with E-state index in [4.69, 9.17) is 0 Å². The Balaban J connectivity index is 1.61. The minimum Gasteiger partial charge on any atom is -0.368 e. The molecule has 0 spiro atoms. The van der Waals surface area contributed by atoms with Crippen LogP contribution in [0, 0.1) is 0 Å². The fourth-order valence-corrected chi connectivity index (χ4v) is 3.39. The van der Waals surface area contributed by atoms with Crippen molar-refractivity contribution in [3.63, 3.8) is 0 Å². The predicted molar refractivity (Wildman–Crippen MR) is 104 cm³/mol. The second-order valence-electron chi connectivity index (χ2n) is 7.26. The highest BCUT2D eigenvalue weighted by molar-refractivity contribution is 6.39. The van der Waals surface area contributed by atoms with Gasteiger partial charge in [0.25, 0.3) is 5.91 Å². The number of hydrogen-bond donors (Lipinski definition) is 0. The van der Waals surface area contributed by atoms with Crippen LogP contribution in [0.25, 0.3) is 0 Å². The Morgan fingerprint density at radius 1 is 1.00 bits per heavy atom. The zero-order valence-corrected chi connectivity index (χ0v) is 16.1.